The number of nitrogen functional groups attached to an aromatic ring is 1. The molecule has 0 unspecified atom stereocenters. The van der Waals surface area contributed by atoms with Crippen LogP contribution in [0, 0.1) is 13.8 Å². The van der Waals surface area contributed by atoms with Crippen molar-refractivity contribution in [2.45, 2.75) is 33.7 Å². The topological polar surface area (TPSA) is 110 Å². The minimum absolute atomic E-state index is 0.205. The summed E-state index contributed by atoms with van der Waals surface area (Å²) in [6, 6.07) is 0. The van der Waals surface area contributed by atoms with Gasteiger partial charge in [-0.3, -0.25) is 9.89 Å². The molecule has 0 saturated carbocycles. The molecule has 0 atom stereocenters. The monoisotopic (exact) mass is 263 g/mol. The minimum atomic E-state index is -0.345. The lowest BCUT2D eigenvalue weighted by molar-refractivity contribution is 0.0943. The van der Waals surface area contributed by atoms with E-state index in [9.17, 15) is 4.79 Å². The van der Waals surface area contributed by atoms with E-state index >= 15 is 0 Å². The molecular formula is C12H17N5O2. The molecule has 2 aromatic rings. The van der Waals surface area contributed by atoms with E-state index in [0.717, 1.165) is 17.1 Å². The van der Waals surface area contributed by atoms with Crippen molar-refractivity contribution in [1.82, 2.24) is 20.5 Å². The molecular weight excluding hydrogens is 246 g/mol. The predicted molar refractivity (Wildman–Crippen MR) is 69.5 cm³/mol. The highest BCUT2D eigenvalue weighted by atomic mass is 16.4. The van der Waals surface area contributed by atoms with Gasteiger partial charge in [0.2, 0.25) is 5.89 Å². The van der Waals surface area contributed by atoms with Gasteiger partial charge in [-0.1, -0.05) is 6.92 Å². The van der Waals surface area contributed by atoms with Crippen LogP contribution in [0.2, 0.25) is 0 Å². The highest BCUT2D eigenvalue weighted by Crippen LogP contribution is 2.14. The summed E-state index contributed by atoms with van der Waals surface area (Å²) in [5, 5.41) is 9.33. The van der Waals surface area contributed by atoms with Crippen molar-refractivity contribution in [3.8, 4) is 0 Å². The molecule has 0 aliphatic rings. The largest absolute Gasteiger partial charge is 0.444 e. The van der Waals surface area contributed by atoms with Crippen LogP contribution in [0.5, 0.6) is 0 Å². The van der Waals surface area contributed by atoms with Crippen LogP contribution in [0.1, 0.15) is 40.5 Å². The molecule has 0 radical (unpaired) electrons. The van der Waals surface area contributed by atoms with E-state index in [2.05, 4.69) is 20.5 Å². The SMILES string of the molecule is CCc1[nH]nc(C(=O)NCc2nc(C)c(C)o2)c1N. The number of oxazole rings is 1. The van der Waals surface area contributed by atoms with Crippen LogP contribution >= 0.6 is 0 Å². The number of aromatic nitrogens is 3. The van der Waals surface area contributed by atoms with E-state index in [1.54, 1.807) is 0 Å². The average Bonchev–Trinajstić information content (AvgIpc) is 2.90. The first kappa shape index (κ1) is 13.1. The van der Waals surface area contributed by atoms with E-state index in [0.29, 0.717) is 18.0 Å². The Balaban J connectivity index is 2.03. The number of anilines is 1. The standard InChI is InChI=1S/C12H17N5O2/c1-4-8-10(13)11(17-16-8)12(18)14-5-9-15-6(2)7(3)19-9/h4-5,13H2,1-3H3,(H,14,18)(H,16,17). The summed E-state index contributed by atoms with van der Waals surface area (Å²) in [5.41, 5.74) is 7.99. The van der Waals surface area contributed by atoms with Crippen molar-refractivity contribution in [2.75, 3.05) is 5.73 Å². The Labute approximate surface area is 110 Å². The normalized spacial score (nSPS) is 10.7. The van der Waals surface area contributed by atoms with Gasteiger partial charge in [0.1, 0.15) is 5.76 Å². The maximum absolute atomic E-state index is 11.9. The Kier molecular flexibility index (Phi) is 3.55. The number of hydrogen-bond donors (Lipinski definition) is 3. The van der Waals surface area contributed by atoms with E-state index in [1.165, 1.54) is 0 Å². The fraction of sp³-hybridized carbons (Fsp3) is 0.417. The average molecular weight is 263 g/mol. The Morgan fingerprint density at radius 1 is 1.47 bits per heavy atom. The molecule has 0 spiro atoms. The Morgan fingerprint density at radius 2 is 2.21 bits per heavy atom. The van der Waals surface area contributed by atoms with Crippen molar-refractivity contribution in [1.29, 1.82) is 0 Å². The molecule has 102 valence electrons. The summed E-state index contributed by atoms with van der Waals surface area (Å²) in [5.74, 6) is 0.868. The summed E-state index contributed by atoms with van der Waals surface area (Å²) < 4.78 is 5.37. The number of aryl methyl sites for hydroxylation is 3. The van der Waals surface area contributed by atoms with E-state index < -0.39 is 0 Å². The fourth-order valence-corrected chi connectivity index (χ4v) is 1.68. The van der Waals surface area contributed by atoms with Gasteiger partial charge in [-0.05, 0) is 20.3 Å². The van der Waals surface area contributed by atoms with Gasteiger partial charge in [-0.2, -0.15) is 5.10 Å². The quantitative estimate of drug-likeness (QED) is 0.764. The van der Waals surface area contributed by atoms with Crippen LogP contribution in [0.4, 0.5) is 5.69 Å². The first-order chi connectivity index (χ1) is 9.02. The second-order valence-corrected chi connectivity index (χ2v) is 4.25. The number of nitrogens with zero attached hydrogens (tertiary/aromatic N) is 2. The number of aromatic amines is 1. The number of nitrogens with one attached hydrogen (secondary N) is 2. The zero-order chi connectivity index (χ0) is 14.0. The Hall–Kier alpha value is -2.31. The summed E-state index contributed by atoms with van der Waals surface area (Å²) in [6.07, 6.45) is 0.699. The molecule has 0 aromatic carbocycles. The second kappa shape index (κ2) is 5.13. The van der Waals surface area contributed by atoms with Crippen molar-refractivity contribution >= 4 is 11.6 Å². The van der Waals surface area contributed by atoms with Crippen LogP contribution in [0.15, 0.2) is 4.42 Å². The van der Waals surface area contributed by atoms with Gasteiger partial charge >= 0.3 is 0 Å². The predicted octanol–water partition coefficient (Wildman–Crippen LogP) is 1.09. The Bertz CT molecular complexity index is 580. The molecule has 4 N–H and O–H groups in total. The number of hydrogen-bond acceptors (Lipinski definition) is 5. The summed E-state index contributed by atoms with van der Waals surface area (Å²) in [4.78, 5) is 16.1. The highest BCUT2D eigenvalue weighted by Gasteiger charge is 2.17. The first-order valence-corrected chi connectivity index (χ1v) is 6.06. The van der Waals surface area contributed by atoms with Crippen LogP contribution in [-0.2, 0) is 13.0 Å². The maximum atomic E-state index is 11.9. The molecule has 2 rings (SSSR count). The summed E-state index contributed by atoms with van der Waals surface area (Å²) in [6.45, 7) is 5.82. The van der Waals surface area contributed by atoms with Crippen LogP contribution in [0.3, 0.4) is 0 Å². The minimum Gasteiger partial charge on any atom is -0.444 e. The molecule has 19 heavy (non-hydrogen) atoms. The van der Waals surface area contributed by atoms with Gasteiger partial charge in [-0.15, -0.1) is 0 Å². The van der Waals surface area contributed by atoms with Crippen molar-refractivity contribution in [3.63, 3.8) is 0 Å². The van der Waals surface area contributed by atoms with E-state index in [-0.39, 0.29) is 18.1 Å². The third kappa shape index (κ3) is 2.59. The molecule has 0 fully saturated rings. The number of carbonyl (C=O) groups is 1. The van der Waals surface area contributed by atoms with Gasteiger partial charge in [-0.25, -0.2) is 4.98 Å². The number of amides is 1. The molecule has 7 heteroatoms. The van der Waals surface area contributed by atoms with Crippen LogP contribution in [-0.4, -0.2) is 21.1 Å². The highest BCUT2D eigenvalue weighted by molar-refractivity contribution is 5.97. The molecule has 0 saturated heterocycles. The zero-order valence-electron chi connectivity index (χ0n) is 11.2. The van der Waals surface area contributed by atoms with E-state index in [4.69, 9.17) is 10.2 Å². The molecule has 2 aromatic heterocycles. The van der Waals surface area contributed by atoms with Gasteiger partial charge in [0.05, 0.1) is 23.6 Å². The molecule has 1 amide bonds. The second-order valence-electron chi connectivity index (χ2n) is 4.25. The number of nitrogens with two attached hydrogens (primary N) is 1. The molecule has 0 aliphatic carbocycles. The third-order valence-corrected chi connectivity index (χ3v) is 2.92. The molecule has 0 bridgehead atoms. The zero-order valence-corrected chi connectivity index (χ0v) is 11.2. The van der Waals surface area contributed by atoms with Crippen LogP contribution in [0.25, 0.3) is 0 Å². The Morgan fingerprint density at radius 3 is 2.74 bits per heavy atom. The summed E-state index contributed by atoms with van der Waals surface area (Å²) >= 11 is 0. The third-order valence-electron chi connectivity index (χ3n) is 2.92. The summed E-state index contributed by atoms with van der Waals surface area (Å²) in [7, 11) is 0. The van der Waals surface area contributed by atoms with Crippen molar-refractivity contribution in [3.05, 3.63) is 28.7 Å². The molecule has 0 aliphatic heterocycles. The lowest BCUT2D eigenvalue weighted by atomic mass is 10.2. The van der Waals surface area contributed by atoms with Crippen molar-refractivity contribution in [2.24, 2.45) is 0 Å². The van der Waals surface area contributed by atoms with Crippen LogP contribution < -0.4 is 11.1 Å². The van der Waals surface area contributed by atoms with Crippen molar-refractivity contribution < 1.29 is 9.21 Å². The fourth-order valence-electron chi connectivity index (χ4n) is 1.68. The maximum Gasteiger partial charge on any atom is 0.274 e. The first-order valence-electron chi connectivity index (χ1n) is 6.06. The molecule has 7 nitrogen and oxygen atoms in total. The van der Waals surface area contributed by atoms with Gasteiger partial charge < -0.3 is 15.5 Å². The lowest BCUT2D eigenvalue weighted by Gasteiger charge is -2.00. The van der Waals surface area contributed by atoms with Gasteiger partial charge in [0, 0.05) is 0 Å². The van der Waals surface area contributed by atoms with E-state index in [1.807, 2.05) is 20.8 Å². The molecule has 2 heterocycles. The lowest BCUT2D eigenvalue weighted by Crippen LogP contribution is -2.24. The number of carbonyl (C=O) groups excluding carboxylic acids is 1. The van der Waals surface area contributed by atoms with Gasteiger partial charge in [0.15, 0.2) is 5.69 Å². The number of H-pyrrole nitrogens is 1. The smallest absolute Gasteiger partial charge is 0.274 e. The number of rotatable bonds is 4. The van der Waals surface area contributed by atoms with Gasteiger partial charge in [0.25, 0.3) is 5.91 Å².